The lowest BCUT2D eigenvalue weighted by Crippen LogP contribution is -2.05. The Bertz CT molecular complexity index is 1050. The highest BCUT2D eigenvalue weighted by Crippen LogP contribution is 2.42. The molecule has 0 aliphatic carbocycles. The van der Waals surface area contributed by atoms with E-state index in [0.717, 1.165) is 17.1 Å². The highest BCUT2D eigenvalue weighted by atomic mass is 16.5. The van der Waals surface area contributed by atoms with Gasteiger partial charge in [-0.3, -0.25) is 0 Å². The Morgan fingerprint density at radius 2 is 1.43 bits per heavy atom. The van der Waals surface area contributed by atoms with E-state index < -0.39 is 0 Å². The molecular formula is C21H20N4O3. The van der Waals surface area contributed by atoms with Crippen LogP contribution in [0.2, 0.25) is 0 Å². The van der Waals surface area contributed by atoms with Gasteiger partial charge in [0.05, 0.1) is 27.0 Å². The Morgan fingerprint density at radius 1 is 0.786 bits per heavy atom. The van der Waals surface area contributed by atoms with Gasteiger partial charge < -0.3 is 18.8 Å². The molecule has 0 saturated carbocycles. The molecule has 2 aromatic carbocycles. The van der Waals surface area contributed by atoms with Crippen LogP contribution in [-0.2, 0) is 0 Å². The topological polar surface area (TPSA) is 63.3 Å². The molecule has 0 N–H and O–H groups in total. The summed E-state index contributed by atoms with van der Waals surface area (Å²) in [6.45, 7) is 0. The summed E-state index contributed by atoms with van der Waals surface area (Å²) >= 11 is 0. The molecule has 28 heavy (non-hydrogen) atoms. The maximum atomic E-state index is 5.50. The van der Waals surface area contributed by atoms with Crippen molar-refractivity contribution in [1.82, 2.24) is 19.6 Å². The van der Waals surface area contributed by atoms with Crippen LogP contribution in [0.5, 0.6) is 17.2 Å². The molecule has 0 bridgehead atoms. The first kappa shape index (κ1) is 17.7. The van der Waals surface area contributed by atoms with Gasteiger partial charge in [-0.05, 0) is 36.4 Å². The predicted molar refractivity (Wildman–Crippen MR) is 106 cm³/mol. The first-order valence-corrected chi connectivity index (χ1v) is 8.71. The average molecular weight is 376 g/mol. The SMILES string of the molecule is COc1cc(-c2nnn(-c3ccccc3)c2-n2cccc2)cc(OC)c1OC. The van der Waals surface area contributed by atoms with Gasteiger partial charge in [-0.25, -0.2) is 0 Å². The number of para-hydroxylation sites is 1. The monoisotopic (exact) mass is 376 g/mol. The van der Waals surface area contributed by atoms with Crippen LogP contribution in [0.1, 0.15) is 0 Å². The van der Waals surface area contributed by atoms with E-state index in [1.807, 2.05) is 71.6 Å². The molecule has 0 saturated heterocycles. The molecule has 7 heteroatoms. The minimum Gasteiger partial charge on any atom is -0.493 e. The Morgan fingerprint density at radius 3 is 2.00 bits per heavy atom. The van der Waals surface area contributed by atoms with E-state index in [1.165, 1.54) is 0 Å². The van der Waals surface area contributed by atoms with E-state index in [2.05, 4.69) is 10.3 Å². The van der Waals surface area contributed by atoms with Crippen LogP contribution in [0.15, 0.2) is 67.0 Å². The maximum Gasteiger partial charge on any atom is 0.203 e. The lowest BCUT2D eigenvalue weighted by atomic mass is 10.1. The standard InChI is InChI=1S/C21H20N4O3/c1-26-17-13-15(14-18(27-2)20(17)28-3)19-21(24-11-7-8-12-24)25(23-22-19)16-9-5-4-6-10-16/h4-14H,1-3H3. The van der Waals surface area contributed by atoms with Crippen molar-refractivity contribution in [1.29, 1.82) is 0 Å². The van der Waals surface area contributed by atoms with Crippen LogP contribution in [0.4, 0.5) is 0 Å². The smallest absolute Gasteiger partial charge is 0.203 e. The fraction of sp³-hybridized carbons (Fsp3) is 0.143. The van der Waals surface area contributed by atoms with Gasteiger partial charge in [0.2, 0.25) is 5.75 Å². The van der Waals surface area contributed by atoms with Crippen LogP contribution in [-0.4, -0.2) is 40.9 Å². The van der Waals surface area contributed by atoms with E-state index in [9.17, 15) is 0 Å². The van der Waals surface area contributed by atoms with Gasteiger partial charge in [-0.15, -0.1) is 5.10 Å². The molecule has 0 unspecified atom stereocenters. The van der Waals surface area contributed by atoms with Crippen molar-refractivity contribution in [2.24, 2.45) is 0 Å². The van der Waals surface area contributed by atoms with Crippen molar-refractivity contribution in [3.05, 3.63) is 67.0 Å². The second-order valence-electron chi connectivity index (χ2n) is 6.01. The Balaban J connectivity index is 1.96. The number of hydrogen-bond acceptors (Lipinski definition) is 5. The molecule has 0 radical (unpaired) electrons. The minimum absolute atomic E-state index is 0.534. The number of ether oxygens (including phenoxy) is 3. The second-order valence-corrected chi connectivity index (χ2v) is 6.01. The number of nitrogens with zero attached hydrogens (tertiary/aromatic N) is 4. The van der Waals surface area contributed by atoms with Gasteiger partial charge >= 0.3 is 0 Å². The first-order chi connectivity index (χ1) is 13.8. The quantitative estimate of drug-likeness (QED) is 0.513. The lowest BCUT2D eigenvalue weighted by molar-refractivity contribution is 0.324. The van der Waals surface area contributed by atoms with E-state index >= 15 is 0 Å². The van der Waals surface area contributed by atoms with Gasteiger partial charge in [0.1, 0.15) is 5.69 Å². The second kappa shape index (κ2) is 7.48. The van der Waals surface area contributed by atoms with Crippen molar-refractivity contribution in [2.45, 2.75) is 0 Å². The number of methoxy groups -OCH3 is 3. The van der Waals surface area contributed by atoms with E-state index in [4.69, 9.17) is 14.2 Å². The third-order valence-corrected chi connectivity index (χ3v) is 4.43. The van der Waals surface area contributed by atoms with Gasteiger partial charge in [0, 0.05) is 18.0 Å². The highest BCUT2D eigenvalue weighted by Gasteiger charge is 2.21. The molecule has 2 heterocycles. The fourth-order valence-electron chi connectivity index (χ4n) is 3.13. The minimum atomic E-state index is 0.534. The summed E-state index contributed by atoms with van der Waals surface area (Å²) in [7, 11) is 4.76. The molecule has 4 rings (SSSR count). The third kappa shape index (κ3) is 2.96. The van der Waals surface area contributed by atoms with Crippen molar-refractivity contribution in [2.75, 3.05) is 21.3 Å². The fourth-order valence-corrected chi connectivity index (χ4v) is 3.13. The van der Waals surface area contributed by atoms with E-state index in [1.54, 1.807) is 26.0 Å². The molecule has 0 spiro atoms. The summed E-state index contributed by atoms with van der Waals surface area (Å²) in [5.74, 6) is 2.46. The van der Waals surface area contributed by atoms with Crippen LogP contribution in [0.3, 0.4) is 0 Å². The Kier molecular flexibility index (Phi) is 4.72. The number of hydrogen-bond donors (Lipinski definition) is 0. The van der Waals surface area contributed by atoms with Crippen LogP contribution < -0.4 is 14.2 Å². The molecule has 0 amide bonds. The molecule has 0 aliphatic heterocycles. The number of aromatic nitrogens is 4. The van der Waals surface area contributed by atoms with Crippen LogP contribution >= 0.6 is 0 Å². The zero-order valence-electron chi connectivity index (χ0n) is 15.9. The normalized spacial score (nSPS) is 10.7. The van der Waals surface area contributed by atoms with Gasteiger partial charge in [0.25, 0.3) is 0 Å². The largest absolute Gasteiger partial charge is 0.493 e. The lowest BCUT2D eigenvalue weighted by Gasteiger charge is -2.14. The van der Waals surface area contributed by atoms with Gasteiger partial charge in [-0.2, -0.15) is 4.68 Å². The first-order valence-electron chi connectivity index (χ1n) is 8.71. The molecule has 0 aliphatic rings. The van der Waals surface area contributed by atoms with Crippen molar-refractivity contribution in [3.63, 3.8) is 0 Å². The summed E-state index contributed by atoms with van der Waals surface area (Å²) in [5, 5.41) is 8.87. The highest BCUT2D eigenvalue weighted by molar-refractivity contribution is 5.73. The average Bonchev–Trinajstić information content (AvgIpc) is 3.42. The molecular weight excluding hydrogens is 356 g/mol. The van der Waals surface area contributed by atoms with Gasteiger partial charge in [-0.1, -0.05) is 23.4 Å². The van der Waals surface area contributed by atoms with Crippen LogP contribution in [0.25, 0.3) is 22.8 Å². The summed E-state index contributed by atoms with van der Waals surface area (Å²) in [6.07, 6.45) is 3.92. The Hall–Kier alpha value is -3.74. The molecule has 4 aromatic rings. The summed E-state index contributed by atoms with van der Waals surface area (Å²) in [4.78, 5) is 0. The number of benzene rings is 2. The van der Waals surface area contributed by atoms with E-state index in [0.29, 0.717) is 22.9 Å². The summed E-state index contributed by atoms with van der Waals surface area (Å²) in [6, 6.07) is 17.5. The van der Waals surface area contributed by atoms with Crippen molar-refractivity contribution < 1.29 is 14.2 Å². The predicted octanol–water partition coefficient (Wildman–Crippen LogP) is 3.75. The van der Waals surface area contributed by atoms with Crippen LogP contribution in [0, 0.1) is 0 Å². The molecule has 0 atom stereocenters. The van der Waals surface area contributed by atoms with E-state index in [-0.39, 0.29) is 0 Å². The van der Waals surface area contributed by atoms with Crippen molar-refractivity contribution >= 4 is 0 Å². The van der Waals surface area contributed by atoms with Crippen molar-refractivity contribution in [3.8, 4) is 40.0 Å². The Labute approximate surface area is 162 Å². The molecule has 7 nitrogen and oxygen atoms in total. The molecule has 0 fully saturated rings. The summed E-state index contributed by atoms with van der Waals surface area (Å²) < 4.78 is 20.2. The zero-order valence-corrected chi connectivity index (χ0v) is 15.9. The summed E-state index contributed by atoms with van der Waals surface area (Å²) in [5.41, 5.74) is 2.41. The molecule has 142 valence electrons. The maximum absolute atomic E-state index is 5.50. The zero-order chi connectivity index (χ0) is 19.5. The van der Waals surface area contributed by atoms with Gasteiger partial charge in [0.15, 0.2) is 17.3 Å². The third-order valence-electron chi connectivity index (χ3n) is 4.43. The number of rotatable bonds is 6. The molecule has 2 aromatic heterocycles.